The first-order valence-corrected chi connectivity index (χ1v) is 7.08. The molecule has 3 heteroatoms. The predicted molar refractivity (Wildman–Crippen MR) is 85.9 cm³/mol. The van der Waals surface area contributed by atoms with Crippen molar-refractivity contribution in [2.24, 2.45) is 0 Å². The fourth-order valence-electron chi connectivity index (χ4n) is 1.84. The van der Waals surface area contributed by atoms with Gasteiger partial charge in [0.15, 0.2) is 0 Å². The number of nitrogens with one attached hydrogen (secondary N) is 1. The molecule has 0 radical (unpaired) electrons. The quantitative estimate of drug-likeness (QED) is 0.834. The van der Waals surface area contributed by atoms with Crippen molar-refractivity contribution in [3.05, 3.63) is 70.7 Å². The van der Waals surface area contributed by atoms with Crippen molar-refractivity contribution >= 4 is 28.8 Å². The van der Waals surface area contributed by atoms with Crippen LogP contribution in [-0.4, -0.2) is 11.5 Å². The van der Waals surface area contributed by atoms with Gasteiger partial charge in [0.05, 0.1) is 4.99 Å². The zero-order valence-electron chi connectivity index (χ0n) is 10.6. The maximum atomic E-state index is 5.85. The third-order valence-electron chi connectivity index (χ3n) is 2.86. The Balaban J connectivity index is 1.74. The summed E-state index contributed by atoms with van der Waals surface area (Å²) in [5, 5.41) is 4.07. The Labute approximate surface area is 124 Å². The molecular formula is C16H16ClNS. The van der Waals surface area contributed by atoms with Crippen molar-refractivity contribution in [2.75, 3.05) is 6.54 Å². The second-order valence-electron chi connectivity index (χ2n) is 4.39. The summed E-state index contributed by atoms with van der Waals surface area (Å²) >= 11 is 11.2. The lowest BCUT2D eigenvalue weighted by atomic mass is 10.1. The van der Waals surface area contributed by atoms with Gasteiger partial charge in [-0.1, -0.05) is 66.3 Å². The Bertz CT molecular complexity index is 522. The van der Waals surface area contributed by atoms with E-state index in [4.69, 9.17) is 23.8 Å². The summed E-state index contributed by atoms with van der Waals surface area (Å²) in [6.45, 7) is 0.854. The molecule has 0 aromatic heterocycles. The molecule has 2 rings (SSSR count). The highest BCUT2D eigenvalue weighted by Crippen LogP contribution is 2.09. The van der Waals surface area contributed by atoms with E-state index in [2.05, 4.69) is 17.4 Å². The highest BCUT2D eigenvalue weighted by atomic mass is 35.5. The lowest BCUT2D eigenvalue weighted by Crippen LogP contribution is -2.25. The summed E-state index contributed by atoms with van der Waals surface area (Å²) in [6.07, 6.45) is 1.75. The van der Waals surface area contributed by atoms with Gasteiger partial charge in [-0.05, 0) is 29.7 Å². The number of halogens is 1. The average molecular weight is 290 g/mol. The zero-order chi connectivity index (χ0) is 13.5. The molecule has 0 fully saturated rings. The van der Waals surface area contributed by atoms with Crippen molar-refractivity contribution in [3.8, 4) is 0 Å². The molecule has 2 aromatic rings. The highest BCUT2D eigenvalue weighted by Gasteiger charge is 1.99. The molecule has 0 aliphatic carbocycles. The molecule has 1 N–H and O–H groups in total. The van der Waals surface area contributed by atoms with Crippen LogP contribution in [-0.2, 0) is 12.8 Å². The molecule has 0 unspecified atom stereocenters. The molecule has 0 saturated carbocycles. The van der Waals surface area contributed by atoms with E-state index in [1.165, 1.54) is 11.1 Å². The third kappa shape index (κ3) is 5.01. The second-order valence-corrected chi connectivity index (χ2v) is 5.32. The lowest BCUT2D eigenvalue weighted by molar-refractivity contribution is 0.865. The van der Waals surface area contributed by atoms with Crippen LogP contribution in [0.5, 0.6) is 0 Å². The molecule has 98 valence electrons. The summed E-state index contributed by atoms with van der Waals surface area (Å²) in [5.41, 5.74) is 2.51. The SMILES string of the molecule is S=C(Cc1ccccc1)NCCc1ccc(Cl)cc1. The molecule has 1 nitrogen and oxygen atoms in total. The van der Waals surface area contributed by atoms with Crippen LogP contribution in [0.25, 0.3) is 0 Å². The number of rotatable bonds is 5. The van der Waals surface area contributed by atoms with Gasteiger partial charge in [-0.3, -0.25) is 0 Å². The van der Waals surface area contributed by atoms with Crippen LogP contribution < -0.4 is 5.32 Å². The Kier molecular flexibility index (Phi) is 5.37. The average Bonchev–Trinajstić information content (AvgIpc) is 2.42. The van der Waals surface area contributed by atoms with Crippen LogP contribution >= 0.6 is 23.8 Å². The van der Waals surface area contributed by atoms with E-state index in [0.29, 0.717) is 0 Å². The first-order valence-electron chi connectivity index (χ1n) is 6.29. The summed E-state index contributed by atoms with van der Waals surface area (Å²) in [4.78, 5) is 0.889. The van der Waals surface area contributed by atoms with Crippen molar-refractivity contribution in [1.29, 1.82) is 0 Å². The zero-order valence-corrected chi connectivity index (χ0v) is 12.2. The van der Waals surface area contributed by atoms with Crippen molar-refractivity contribution in [2.45, 2.75) is 12.8 Å². The molecule has 0 spiro atoms. The van der Waals surface area contributed by atoms with Gasteiger partial charge in [-0.25, -0.2) is 0 Å². The molecule has 19 heavy (non-hydrogen) atoms. The fourth-order valence-corrected chi connectivity index (χ4v) is 2.24. The number of thiocarbonyl (C=S) groups is 1. The number of hydrogen-bond acceptors (Lipinski definition) is 1. The van der Waals surface area contributed by atoms with E-state index >= 15 is 0 Å². The van der Waals surface area contributed by atoms with Gasteiger partial charge in [-0.15, -0.1) is 0 Å². The van der Waals surface area contributed by atoms with Gasteiger partial charge >= 0.3 is 0 Å². The van der Waals surface area contributed by atoms with Gasteiger partial charge in [-0.2, -0.15) is 0 Å². The van der Waals surface area contributed by atoms with E-state index in [9.17, 15) is 0 Å². The molecule has 0 saturated heterocycles. The van der Waals surface area contributed by atoms with Gasteiger partial charge in [0.1, 0.15) is 0 Å². The number of hydrogen-bond donors (Lipinski definition) is 1. The highest BCUT2D eigenvalue weighted by molar-refractivity contribution is 7.80. The Morgan fingerprint density at radius 1 is 0.947 bits per heavy atom. The maximum absolute atomic E-state index is 5.85. The molecular weight excluding hydrogens is 274 g/mol. The Morgan fingerprint density at radius 2 is 1.63 bits per heavy atom. The summed E-state index contributed by atoms with van der Waals surface area (Å²) in [7, 11) is 0. The molecule has 0 aliphatic heterocycles. The lowest BCUT2D eigenvalue weighted by Gasteiger charge is -2.08. The van der Waals surface area contributed by atoms with Gasteiger partial charge < -0.3 is 5.32 Å². The van der Waals surface area contributed by atoms with Gasteiger partial charge in [0.2, 0.25) is 0 Å². The first-order chi connectivity index (χ1) is 9.24. The maximum Gasteiger partial charge on any atom is 0.0797 e. The third-order valence-corrected chi connectivity index (χ3v) is 3.40. The standard InChI is InChI=1S/C16H16ClNS/c17-15-8-6-13(7-9-15)10-11-18-16(19)12-14-4-2-1-3-5-14/h1-9H,10-12H2,(H,18,19). The largest absolute Gasteiger partial charge is 0.379 e. The monoisotopic (exact) mass is 289 g/mol. The molecule has 0 amide bonds. The van der Waals surface area contributed by atoms with Crippen LogP contribution in [0, 0.1) is 0 Å². The molecule has 0 heterocycles. The van der Waals surface area contributed by atoms with Crippen molar-refractivity contribution in [3.63, 3.8) is 0 Å². The molecule has 0 bridgehead atoms. The molecule has 0 aliphatic rings. The van der Waals surface area contributed by atoms with Crippen LogP contribution in [0.1, 0.15) is 11.1 Å². The van der Waals surface area contributed by atoms with E-state index in [1.54, 1.807) is 0 Å². The van der Waals surface area contributed by atoms with Crippen LogP contribution in [0.3, 0.4) is 0 Å². The fraction of sp³-hybridized carbons (Fsp3) is 0.188. The second kappa shape index (κ2) is 7.27. The van der Waals surface area contributed by atoms with Gasteiger partial charge in [0, 0.05) is 18.0 Å². The topological polar surface area (TPSA) is 12.0 Å². The normalized spacial score (nSPS) is 10.2. The minimum Gasteiger partial charge on any atom is -0.379 e. The number of benzene rings is 2. The van der Waals surface area contributed by atoms with Crippen LogP contribution in [0.4, 0.5) is 0 Å². The van der Waals surface area contributed by atoms with E-state index in [1.807, 2.05) is 42.5 Å². The smallest absolute Gasteiger partial charge is 0.0797 e. The predicted octanol–water partition coefficient (Wildman–Crippen LogP) is 4.04. The molecule has 0 atom stereocenters. The van der Waals surface area contributed by atoms with Crippen LogP contribution in [0.2, 0.25) is 5.02 Å². The minimum atomic E-state index is 0.774. The summed E-state index contributed by atoms with van der Waals surface area (Å²) in [6, 6.07) is 18.2. The first kappa shape index (κ1) is 14.0. The van der Waals surface area contributed by atoms with Gasteiger partial charge in [0.25, 0.3) is 0 Å². The van der Waals surface area contributed by atoms with Crippen molar-refractivity contribution < 1.29 is 0 Å². The summed E-state index contributed by atoms with van der Waals surface area (Å²) < 4.78 is 0. The molecule has 2 aromatic carbocycles. The van der Waals surface area contributed by atoms with E-state index < -0.39 is 0 Å². The minimum absolute atomic E-state index is 0.774. The van der Waals surface area contributed by atoms with E-state index in [-0.39, 0.29) is 0 Å². The van der Waals surface area contributed by atoms with Crippen molar-refractivity contribution in [1.82, 2.24) is 5.32 Å². The van der Waals surface area contributed by atoms with E-state index in [0.717, 1.165) is 29.4 Å². The Hall–Kier alpha value is -1.38. The summed E-state index contributed by atoms with van der Waals surface area (Å²) in [5.74, 6) is 0. The Morgan fingerprint density at radius 3 is 2.32 bits per heavy atom. The van der Waals surface area contributed by atoms with Crippen LogP contribution in [0.15, 0.2) is 54.6 Å².